The van der Waals surface area contributed by atoms with Crippen LogP contribution >= 0.6 is 0 Å². The van der Waals surface area contributed by atoms with E-state index in [1.807, 2.05) is 17.9 Å². The van der Waals surface area contributed by atoms with Crippen LogP contribution in [0.15, 0.2) is 12.4 Å². The van der Waals surface area contributed by atoms with Gasteiger partial charge >= 0.3 is 0 Å². The fourth-order valence-corrected chi connectivity index (χ4v) is 2.02. The fraction of sp³-hybridized carbons (Fsp3) is 0.727. The van der Waals surface area contributed by atoms with Crippen molar-refractivity contribution in [2.24, 2.45) is 12.8 Å². The van der Waals surface area contributed by atoms with Crippen LogP contribution in [-0.4, -0.2) is 28.5 Å². The van der Waals surface area contributed by atoms with Crippen LogP contribution in [0.1, 0.15) is 24.8 Å². The lowest BCUT2D eigenvalue weighted by Crippen LogP contribution is -2.45. The van der Waals surface area contributed by atoms with E-state index in [1.54, 1.807) is 0 Å². The first kappa shape index (κ1) is 10.6. The lowest BCUT2D eigenvalue weighted by atomic mass is 9.86. The van der Waals surface area contributed by atoms with Crippen LogP contribution in [-0.2, 0) is 18.2 Å². The van der Waals surface area contributed by atoms with Crippen LogP contribution in [0.3, 0.4) is 0 Å². The number of rotatable bonds is 3. The molecule has 15 heavy (non-hydrogen) atoms. The van der Waals surface area contributed by atoms with E-state index >= 15 is 0 Å². The third-order valence-corrected chi connectivity index (χ3v) is 3.16. The first-order valence-electron chi connectivity index (χ1n) is 5.52. The van der Waals surface area contributed by atoms with Crippen molar-refractivity contribution in [3.05, 3.63) is 18.0 Å². The Labute approximate surface area is 90.4 Å². The van der Waals surface area contributed by atoms with Gasteiger partial charge in [-0.2, -0.15) is 5.10 Å². The highest BCUT2D eigenvalue weighted by molar-refractivity contribution is 5.05. The van der Waals surface area contributed by atoms with Crippen molar-refractivity contribution < 1.29 is 4.74 Å². The molecule has 0 aromatic carbocycles. The number of nitrogens with zero attached hydrogens (tertiary/aromatic N) is 2. The number of hydrogen-bond donors (Lipinski definition) is 1. The van der Waals surface area contributed by atoms with Gasteiger partial charge in [-0.15, -0.1) is 0 Å². The maximum absolute atomic E-state index is 6.31. The Balaban J connectivity index is 1.86. The monoisotopic (exact) mass is 209 g/mol. The largest absolute Gasteiger partial charge is 0.381 e. The minimum absolute atomic E-state index is 0.0198. The van der Waals surface area contributed by atoms with Crippen molar-refractivity contribution in [3.63, 3.8) is 0 Å². The van der Waals surface area contributed by atoms with Crippen LogP contribution in [0.2, 0.25) is 0 Å². The molecule has 0 saturated carbocycles. The van der Waals surface area contributed by atoms with E-state index in [2.05, 4.69) is 11.3 Å². The molecule has 0 atom stereocenters. The molecule has 2 rings (SSSR count). The number of ether oxygens (including phenoxy) is 1. The normalized spacial score (nSPS) is 20.4. The molecule has 0 radical (unpaired) electrons. The zero-order chi connectivity index (χ0) is 10.7. The third kappa shape index (κ3) is 2.79. The molecule has 1 fully saturated rings. The minimum atomic E-state index is -0.0198. The summed E-state index contributed by atoms with van der Waals surface area (Å²) in [5.41, 5.74) is 7.56. The van der Waals surface area contributed by atoms with Crippen LogP contribution < -0.4 is 5.73 Å². The van der Waals surface area contributed by atoms with Crippen LogP contribution in [0, 0.1) is 0 Å². The Bertz CT molecular complexity index is 315. The number of hydrogen-bond acceptors (Lipinski definition) is 3. The molecule has 2 N–H and O–H groups in total. The highest BCUT2D eigenvalue weighted by atomic mass is 16.5. The Hall–Kier alpha value is -0.870. The summed E-state index contributed by atoms with van der Waals surface area (Å²) in [5, 5.41) is 4.15. The summed E-state index contributed by atoms with van der Waals surface area (Å²) in [6.07, 6.45) is 7.98. The van der Waals surface area contributed by atoms with Crippen molar-refractivity contribution in [1.29, 1.82) is 0 Å². The summed E-state index contributed by atoms with van der Waals surface area (Å²) in [7, 11) is 1.94. The molecule has 84 valence electrons. The molecule has 0 unspecified atom stereocenters. The standard InChI is InChI=1S/C11H19N3O/c1-14-9-10(8-13-14)2-3-11(12)4-6-15-7-5-11/h8-9H,2-7,12H2,1H3. The van der Waals surface area contributed by atoms with E-state index in [0.717, 1.165) is 38.9 Å². The van der Waals surface area contributed by atoms with Crippen molar-refractivity contribution in [3.8, 4) is 0 Å². The molecule has 1 aliphatic heterocycles. The number of aryl methyl sites for hydroxylation is 2. The smallest absolute Gasteiger partial charge is 0.0521 e. The first-order chi connectivity index (χ1) is 7.18. The molecule has 1 aromatic heterocycles. The first-order valence-corrected chi connectivity index (χ1v) is 5.52. The molecule has 0 aliphatic carbocycles. The van der Waals surface area contributed by atoms with Gasteiger partial charge in [0.1, 0.15) is 0 Å². The second-order valence-electron chi connectivity index (χ2n) is 4.50. The maximum atomic E-state index is 6.31. The predicted molar refractivity (Wildman–Crippen MR) is 58.5 cm³/mol. The molecule has 4 nitrogen and oxygen atoms in total. The Morgan fingerprint density at radius 1 is 1.53 bits per heavy atom. The average Bonchev–Trinajstić information content (AvgIpc) is 2.63. The molecular weight excluding hydrogens is 190 g/mol. The highest BCUT2D eigenvalue weighted by Crippen LogP contribution is 2.23. The second kappa shape index (κ2) is 4.33. The molecule has 1 saturated heterocycles. The molecule has 4 heteroatoms. The van der Waals surface area contributed by atoms with Gasteiger partial charge in [0.15, 0.2) is 0 Å². The van der Waals surface area contributed by atoms with E-state index in [-0.39, 0.29) is 5.54 Å². The zero-order valence-electron chi connectivity index (χ0n) is 9.28. The van der Waals surface area contributed by atoms with Gasteiger partial charge in [0, 0.05) is 32.0 Å². The SMILES string of the molecule is Cn1cc(CCC2(N)CCOCC2)cn1. The molecule has 0 amide bonds. The van der Waals surface area contributed by atoms with Gasteiger partial charge in [-0.3, -0.25) is 4.68 Å². The lowest BCUT2D eigenvalue weighted by Gasteiger charge is -2.33. The summed E-state index contributed by atoms with van der Waals surface area (Å²) in [6, 6.07) is 0. The summed E-state index contributed by atoms with van der Waals surface area (Å²) in [4.78, 5) is 0. The van der Waals surface area contributed by atoms with Gasteiger partial charge < -0.3 is 10.5 Å². The average molecular weight is 209 g/mol. The van der Waals surface area contributed by atoms with E-state index in [4.69, 9.17) is 10.5 Å². The number of nitrogens with two attached hydrogens (primary N) is 1. The van der Waals surface area contributed by atoms with E-state index in [0.29, 0.717) is 0 Å². The van der Waals surface area contributed by atoms with Crippen molar-refractivity contribution >= 4 is 0 Å². The van der Waals surface area contributed by atoms with Crippen molar-refractivity contribution in [2.75, 3.05) is 13.2 Å². The molecule has 2 heterocycles. The maximum Gasteiger partial charge on any atom is 0.0521 e. The Kier molecular flexibility index (Phi) is 3.07. The summed E-state index contributed by atoms with van der Waals surface area (Å²) >= 11 is 0. The van der Waals surface area contributed by atoms with E-state index in [9.17, 15) is 0 Å². The summed E-state index contributed by atoms with van der Waals surface area (Å²) < 4.78 is 7.16. The van der Waals surface area contributed by atoms with Gasteiger partial charge in [-0.05, 0) is 31.2 Å². The molecule has 0 bridgehead atoms. The van der Waals surface area contributed by atoms with E-state index < -0.39 is 0 Å². The third-order valence-electron chi connectivity index (χ3n) is 3.16. The quantitative estimate of drug-likeness (QED) is 0.803. The topological polar surface area (TPSA) is 53.1 Å². The van der Waals surface area contributed by atoms with Crippen LogP contribution in [0.5, 0.6) is 0 Å². The lowest BCUT2D eigenvalue weighted by molar-refractivity contribution is 0.0503. The highest BCUT2D eigenvalue weighted by Gasteiger charge is 2.27. The Morgan fingerprint density at radius 3 is 2.87 bits per heavy atom. The second-order valence-corrected chi connectivity index (χ2v) is 4.50. The van der Waals surface area contributed by atoms with Gasteiger partial charge in [-0.25, -0.2) is 0 Å². The van der Waals surface area contributed by atoms with Crippen molar-refractivity contribution in [2.45, 2.75) is 31.2 Å². The zero-order valence-corrected chi connectivity index (χ0v) is 9.28. The Morgan fingerprint density at radius 2 is 2.27 bits per heavy atom. The molecule has 0 spiro atoms. The summed E-state index contributed by atoms with van der Waals surface area (Å²) in [6.45, 7) is 1.62. The summed E-state index contributed by atoms with van der Waals surface area (Å²) in [5.74, 6) is 0. The predicted octanol–water partition coefficient (Wildman–Crippen LogP) is 0.861. The molecule has 1 aliphatic rings. The molecule has 1 aromatic rings. The minimum Gasteiger partial charge on any atom is -0.381 e. The van der Waals surface area contributed by atoms with E-state index in [1.165, 1.54) is 5.56 Å². The van der Waals surface area contributed by atoms with Crippen molar-refractivity contribution in [1.82, 2.24) is 9.78 Å². The fourth-order valence-electron chi connectivity index (χ4n) is 2.02. The van der Waals surface area contributed by atoms with Gasteiger partial charge in [-0.1, -0.05) is 0 Å². The van der Waals surface area contributed by atoms with Gasteiger partial charge in [0.05, 0.1) is 6.20 Å². The molecular formula is C11H19N3O. The van der Waals surface area contributed by atoms with Gasteiger partial charge in [0.2, 0.25) is 0 Å². The van der Waals surface area contributed by atoms with Gasteiger partial charge in [0.25, 0.3) is 0 Å². The van der Waals surface area contributed by atoms with Crippen LogP contribution in [0.25, 0.3) is 0 Å². The number of aromatic nitrogens is 2. The van der Waals surface area contributed by atoms with Crippen LogP contribution in [0.4, 0.5) is 0 Å².